The number of carbonyl (C=O) groups excluding carboxylic acids is 1. The summed E-state index contributed by atoms with van der Waals surface area (Å²) in [5.74, 6) is -0.322. The average molecular weight is 238 g/mol. The van der Waals surface area contributed by atoms with Crippen molar-refractivity contribution >= 4 is 5.91 Å². The van der Waals surface area contributed by atoms with E-state index in [1.165, 1.54) is 0 Å². The van der Waals surface area contributed by atoms with Crippen molar-refractivity contribution in [2.24, 2.45) is 11.1 Å². The van der Waals surface area contributed by atoms with Gasteiger partial charge in [-0.2, -0.15) is 13.2 Å². The van der Waals surface area contributed by atoms with Crippen molar-refractivity contribution in [3.8, 4) is 0 Å². The topological polar surface area (TPSA) is 55.1 Å². The highest BCUT2D eigenvalue weighted by atomic mass is 19.4. The van der Waals surface area contributed by atoms with Gasteiger partial charge in [0.15, 0.2) is 0 Å². The second-order valence-electron chi connectivity index (χ2n) is 4.31. The Morgan fingerprint density at radius 2 is 1.88 bits per heavy atom. The Morgan fingerprint density at radius 3 is 2.31 bits per heavy atom. The number of amides is 1. The first-order valence-electron chi connectivity index (χ1n) is 5.45. The molecule has 0 radical (unpaired) electrons. The zero-order valence-corrected chi connectivity index (χ0v) is 9.07. The minimum atomic E-state index is -4.22. The molecule has 0 spiro atoms. The molecule has 0 atom stereocenters. The number of nitrogens with two attached hydrogens (primary N) is 1. The second kappa shape index (κ2) is 5.03. The number of alkyl halides is 3. The Morgan fingerprint density at radius 1 is 1.31 bits per heavy atom. The van der Waals surface area contributed by atoms with Gasteiger partial charge in [-0.3, -0.25) is 4.79 Å². The van der Waals surface area contributed by atoms with E-state index in [-0.39, 0.29) is 19.0 Å². The van der Waals surface area contributed by atoms with Gasteiger partial charge in [-0.05, 0) is 12.8 Å². The number of carbonyl (C=O) groups is 1. The minimum Gasteiger partial charge on any atom is -0.355 e. The third-order valence-corrected chi connectivity index (χ3v) is 3.13. The molecule has 3 N–H and O–H groups in total. The Hall–Kier alpha value is -0.780. The summed E-state index contributed by atoms with van der Waals surface area (Å²) in [4.78, 5) is 11.7. The van der Waals surface area contributed by atoms with Crippen molar-refractivity contribution < 1.29 is 18.0 Å². The van der Waals surface area contributed by atoms with E-state index in [4.69, 9.17) is 5.73 Å². The Labute approximate surface area is 92.6 Å². The average Bonchev–Trinajstić information content (AvgIpc) is 2.65. The van der Waals surface area contributed by atoms with Gasteiger partial charge in [0.2, 0.25) is 5.91 Å². The Bertz CT molecular complexity index is 247. The van der Waals surface area contributed by atoms with Gasteiger partial charge >= 0.3 is 6.18 Å². The second-order valence-corrected chi connectivity index (χ2v) is 4.31. The number of nitrogens with one attached hydrogen (secondary N) is 1. The summed E-state index contributed by atoms with van der Waals surface area (Å²) >= 11 is 0. The highest BCUT2D eigenvalue weighted by Gasteiger charge is 2.39. The molecule has 1 aliphatic rings. The van der Waals surface area contributed by atoms with Gasteiger partial charge in [-0.15, -0.1) is 0 Å². The van der Waals surface area contributed by atoms with E-state index in [0.717, 1.165) is 12.8 Å². The molecular weight excluding hydrogens is 221 g/mol. The highest BCUT2D eigenvalue weighted by molar-refractivity contribution is 5.83. The maximum atomic E-state index is 11.9. The number of hydrogen-bond donors (Lipinski definition) is 2. The normalized spacial score (nSPS) is 19.8. The first-order valence-corrected chi connectivity index (χ1v) is 5.45. The van der Waals surface area contributed by atoms with Gasteiger partial charge in [-0.25, -0.2) is 0 Å². The first-order chi connectivity index (χ1) is 7.40. The lowest BCUT2D eigenvalue weighted by Crippen LogP contribution is -2.45. The zero-order valence-electron chi connectivity index (χ0n) is 9.07. The van der Waals surface area contributed by atoms with Crippen LogP contribution in [0.1, 0.15) is 32.1 Å². The molecule has 0 aliphatic heterocycles. The maximum absolute atomic E-state index is 11.9. The predicted octanol–water partition coefficient (Wildman–Crippen LogP) is 1.57. The summed E-state index contributed by atoms with van der Waals surface area (Å²) in [6, 6.07) is 0. The molecule has 0 saturated heterocycles. The molecule has 3 nitrogen and oxygen atoms in total. The van der Waals surface area contributed by atoms with Gasteiger partial charge in [0.1, 0.15) is 0 Å². The summed E-state index contributed by atoms with van der Waals surface area (Å²) in [7, 11) is 0. The van der Waals surface area contributed by atoms with E-state index in [1.54, 1.807) is 0 Å². The van der Waals surface area contributed by atoms with Crippen LogP contribution in [0, 0.1) is 5.41 Å². The van der Waals surface area contributed by atoms with Crippen LogP contribution in [0.3, 0.4) is 0 Å². The van der Waals surface area contributed by atoms with Gasteiger partial charge < -0.3 is 11.1 Å². The van der Waals surface area contributed by atoms with Crippen molar-refractivity contribution in [1.29, 1.82) is 0 Å². The molecule has 1 rings (SSSR count). The summed E-state index contributed by atoms with van der Waals surface area (Å²) < 4.78 is 35.7. The monoisotopic (exact) mass is 238 g/mol. The molecule has 1 saturated carbocycles. The molecule has 0 aromatic rings. The molecule has 1 amide bonds. The lowest BCUT2D eigenvalue weighted by atomic mass is 9.85. The molecule has 94 valence electrons. The molecule has 0 aromatic carbocycles. The third kappa shape index (κ3) is 3.37. The smallest absolute Gasteiger partial charge is 0.355 e. The van der Waals surface area contributed by atoms with Crippen LogP contribution in [0.2, 0.25) is 0 Å². The van der Waals surface area contributed by atoms with E-state index in [0.29, 0.717) is 12.8 Å². The van der Waals surface area contributed by atoms with E-state index >= 15 is 0 Å². The van der Waals surface area contributed by atoms with Crippen LogP contribution in [-0.4, -0.2) is 25.2 Å². The fraction of sp³-hybridized carbons (Fsp3) is 0.900. The van der Waals surface area contributed by atoms with Crippen molar-refractivity contribution in [3.05, 3.63) is 0 Å². The third-order valence-electron chi connectivity index (χ3n) is 3.13. The molecule has 0 bridgehead atoms. The van der Waals surface area contributed by atoms with Gasteiger partial charge in [0.05, 0.1) is 11.8 Å². The molecule has 0 heterocycles. The lowest BCUT2D eigenvalue weighted by Gasteiger charge is -2.25. The van der Waals surface area contributed by atoms with Crippen LogP contribution in [0.5, 0.6) is 0 Å². The predicted molar refractivity (Wildman–Crippen MR) is 53.6 cm³/mol. The van der Waals surface area contributed by atoms with Gasteiger partial charge in [-0.1, -0.05) is 12.8 Å². The number of rotatable bonds is 4. The van der Waals surface area contributed by atoms with Crippen molar-refractivity contribution in [2.75, 3.05) is 13.1 Å². The van der Waals surface area contributed by atoms with Crippen LogP contribution in [0.15, 0.2) is 0 Å². The number of halogens is 3. The van der Waals surface area contributed by atoms with Crippen molar-refractivity contribution in [3.63, 3.8) is 0 Å². The Balaban J connectivity index is 2.39. The molecule has 16 heavy (non-hydrogen) atoms. The van der Waals surface area contributed by atoms with Crippen LogP contribution in [-0.2, 0) is 4.79 Å². The first kappa shape index (κ1) is 13.3. The number of hydrogen-bond acceptors (Lipinski definition) is 2. The highest BCUT2D eigenvalue weighted by Crippen LogP contribution is 2.37. The quantitative estimate of drug-likeness (QED) is 0.781. The van der Waals surface area contributed by atoms with Crippen LogP contribution in [0.25, 0.3) is 0 Å². The van der Waals surface area contributed by atoms with Crippen LogP contribution >= 0.6 is 0 Å². The Kier molecular flexibility index (Phi) is 4.18. The minimum absolute atomic E-state index is 0.213. The molecule has 1 aliphatic carbocycles. The summed E-state index contributed by atoms with van der Waals surface area (Å²) in [5, 5.41) is 2.33. The van der Waals surface area contributed by atoms with Gasteiger partial charge in [0.25, 0.3) is 0 Å². The van der Waals surface area contributed by atoms with E-state index < -0.39 is 18.0 Å². The van der Waals surface area contributed by atoms with Gasteiger partial charge in [0, 0.05) is 13.1 Å². The molecule has 0 aromatic heterocycles. The zero-order chi connectivity index (χ0) is 12.2. The van der Waals surface area contributed by atoms with E-state index in [9.17, 15) is 18.0 Å². The summed E-state index contributed by atoms with van der Waals surface area (Å²) in [5.41, 5.74) is 4.92. The van der Waals surface area contributed by atoms with E-state index in [1.807, 2.05) is 0 Å². The maximum Gasteiger partial charge on any atom is 0.390 e. The standard InChI is InChI=1S/C10H17F3N2O/c11-10(12,13)5-6-15-8(16)9(7-14)3-1-2-4-9/h1-7,14H2,(H,15,16). The van der Waals surface area contributed by atoms with Crippen LogP contribution in [0.4, 0.5) is 13.2 Å². The summed E-state index contributed by atoms with van der Waals surface area (Å²) in [6.45, 7) is -0.144. The largest absolute Gasteiger partial charge is 0.390 e. The fourth-order valence-electron chi connectivity index (χ4n) is 2.08. The molecule has 0 unspecified atom stereocenters. The molecular formula is C10H17F3N2O. The lowest BCUT2D eigenvalue weighted by molar-refractivity contribution is -0.138. The van der Waals surface area contributed by atoms with Crippen molar-refractivity contribution in [2.45, 2.75) is 38.3 Å². The molecule has 1 fully saturated rings. The summed E-state index contributed by atoms with van der Waals surface area (Å²) in [6.07, 6.45) is -2.01. The van der Waals surface area contributed by atoms with Crippen LogP contribution < -0.4 is 11.1 Å². The molecule has 6 heteroatoms. The van der Waals surface area contributed by atoms with E-state index in [2.05, 4.69) is 5.32 Å². The SMILES string of the molecule is NCC1(C(=O)NCCC(F)(F)F)CCCC1. The fourth-order valence-corrected chi connectivity index (χ4v) is 2.08. The van der Waals surface area contributed by atoms with Crippen molar-refractivity contribution in [1.82, 2.24) is 5.32 Å².